The standard InChI is InChI=1S/C14H12N2O3.Na/c1-9-6-7-13(17)12(8-9)16-15-11-5-3-2-4-10(11)14(18)19;/h2-8,17H,1H3,(H,18,19);/q;+1/p-1. The number of aromatic carboxylic acids is 1. The molecule has 0 unspecified atom stereocenters. The average molecular weight is 278 g/mol. The first kappa shape index (κ1) is 16.4. The van der Waals surface area contributed by atoms with Crippen molar-refractivity contribution in [2.45, 2.75) is 6.92 Å². The number of carbonyl (C=O) groups is 1. The zero-order valence-electron chi connectivity index (χ0n) is 11.2. The molecule has 2 aromatic rings. The van der Waals surface area contributed by atoms with E-state index < -0.39 is 5.97 Å². The first-order valence-corrected chi connectivity index (χ1v) is 5.59. The maximum absolute atomic E-state index is 11.5. The number of aryl methyl sites for hydroxylation is 1. The minimum Gasteiger partial charge on any atom is -0.871 e. The normalized spacial score (nSPS) is 10.2. The van der Waals surface area contributed by atoms with Gasteiger partial charge in [-0.3, -0.25) is 0 Å². The van der Waals surface area contributed by atoms with Crippen LogP contribution in [0.25, 0.3) is 0 Å². The molecule has 0 aliphatic carbocycles. The number of carboxylic acids is 1. The van der Waals surface area contributed by atoms with E-state index in [2.05, 4.69) is 10.2 Å². The molecule has 0 spiro atoms. The summed E-state index contributed by atoms with van der Waals surface area (Å²) in [4.78, 5) is 11.0. The van der Waals surface area contributed by atoms with E-state index in [1.54, 1.807) is 24.3 Å². The van der Waals surface area contributed by atoms with Crippen LogP contribution in [0.5, 0.6) is 5.75 Å². The molecule has 6 heteroatoms. The van der Waals surface area contributed by atoms with E-state index in [0.29, 0.717) is 0 Å². The van der Waals surface area contributed by atoms with Gasteiger partial charge in [0.2, 0.25) is 0 Å². The number of carboxylic acid groups (broad SMARTS) is 1. The summed E-state index contributed by atoms with van der Waals surface area (Å²) in [6.07, 6.45) is 0. The molecule has 0 saturated carbocycles. The van der Waals surface area contributed by atoms with Gasteiger partial charge in [-0.25, -0.2) is 4.79 Å². The van der Waals surface area contributed by atoms with Gasteiger partial charge < -0.3 is 10.2 Å². The molecule has 0 aromatic heterocycles. The van der Waals surface area contributed by atoms with Gasteiger partial charge in [0, 0.05) is 0 Å². The molecule has 0 fully saturated rings. The molecule has 0 atom stereocenters. The van der Waals surface area contributed by atoms with Gasteiger partial charge >= 0.3 is 35.5 Å². The third-order valence-electron chi connectivity index (χ3n) is 2.51. The zero-order chi connectivity index (χ0) is 13.8. The molecule has 5 nitrogen and oxygen atoms in total. The Morgan fingerprint density at radius 3 is 2.45 bits per heavy atom. The maximum atomic E-state index is 11.5. The second-order valence-electron chi connectivity index (χ2n) is 3.99. The van der Waals surface area contributed by atoms with Crippen LogP contribution in [-0.2, 0) is 0 Å². The third-order valence-corrected chi connectivity index (χ3v) is 2.51. The van der Waals surface area contributed by atoms with Gasteiger partial charge in [-0.1, -0.05) is 30.0 Å². The fraction of sp³-hybridized carbons (Fsp3) is 0.0714. The van der Waals surface area contributed by atoms with Crippen molar-refractivity contribution in [3.05, 3.63) is 53.6 Å². The molecule has 2 aromatic carbocycles. The van der Waals surface area contributed by atoms with Crippen LogP contribution in [0.1, 0.15) is 15.9 Å². The minimum atomic E-state index is -1.08. The Morgan fingerprint density at radius 2 is 1.75 bits per heavy atom. The summed E-state index contributed by atoms with van der Waals surface area (Å²) in [5, 5.41) is 28.2. The summed E-state index contributed by atoms with van der Waals surface area (Å²) in [5.74, 6) is -1.33. The molecule has 0 saturated heterocycles. The van der Waals surface area contributed by atoms with Crippen LogP contribution >= 0.6 is 0 Å². The fourth-order valence-corrected chi connectivity index (χ4v) is 1.55. The average Bonchev–Trinajstić information content (AvgIpc) is 2.40. The molecular weight excluding hydrogens is 267 g/mol. The van der Waals surface area contributed by atoms with Crippen molar-refractivity contribution in [3.8, 4) is 5.75 Å². The van der Waals surface area contributed by atoms with Crippen LogP contribution in [-0.4, -0.2) is 11.1 Å². The number of azo groups is 1. The minimum absolute atomic E-state index is 0. The van der Waals surface area contributed by atoms with Crippen LogP contribution in [0.2, 0.25) is 0 Å². The van der Waals surface area contributed by atoms with Crippen molar-refractivity contribution in [2.75, 3.05) is 0 Å². The first-order chi connectivity index (χ1) is 9.08. The summed E-state index contributed by atoms with van der Waals surface area (Å²) in [7, 11) is 0. The predicted molar refractivity (Wildman–Crippen MR) is 68.2 cm³/mol. The molecule has 1 N–H and O–H groups in total. The second-order valence-corrected chi connectivity index (χ2v) is 3.99. The number of hydrogen-bond donors (Lipinski definition) is 1. The third kappa shape index (κ3) is 3.90. The Morgan fingerprint density at radius 1 is 1.10 bits per heavy atom. The van der Waals surface area contributed by atoms with Crippen molar-refractivity contribution < 1.29 is 44.6 Å². The molecule has 0 aliphatic heterocycles. The van der Waals surface area contributed by atoms with Gasteiger partial charge in [0.25, 0.3) is 0 Å². The molecular formula is C14H11N2NaO3. The summed E-state index contributed by atoms with van der Waals surface area (Å²) < 4.78 is 0. The molecule has 0 aliphatic rings. The zero-order valence-corrected chi connectivity index (χ0v) is 13.2. The summed E-state index contributed by atoms with van der Waals surface area (Å²) in [5.41, 5.74) is 1.35. The van der Waals surface area contributed by atoms with E-state index in [0.717, 1.165) is 5.56 Å². The second kappa shape index (κ2) is 7.19. The van der Waals surface area contributed by atoms with Crippen molar-refractivity contribution in [1.29, 1.82) is 0 Å². The van der Waals surface area contributed by atoms with Crippen molar-refractivity contribution in [2.24, 2.45) is 10.2 Å². The van der Waals surface area contributed by atoms with Gasteiger partial charge in [-0.15, -0.1) is 5.11 Å². The largest absolute Gasteiger partial charge is 1.00 e. The quantitative estimate of drug-likeness (QED) is 0.642. The van der Waals surface area contributed by atoms with Gasteiger partial charge in [-0.2, -0.15) is 5.11 Å². The molecule has 20 heavy (non-hydrogen) atoms. The monoisotopic (exact) mass is 278 g/mol. The summed E-state index contributed by atoms with van der Waals surface area (Å²) >= 11 is 0. The first-order valence-electron chi connectivity index (χ1n) is 5.59. The number of benzene rings is 2. The van der Waals surface area contributed by atoms with Gasteiger partial charge in [-0.05, 0) is 30.7 Å². The molecule has 0 amide bonds. The van der Waals surface area contributed by atoms with Gasteiger partial charge in [0.05, 0.1) is 11.3 Å². The predicted octanol–water partition coefficient (Wildman–Crippen LogP) is 0.186. The summed E-state index contributed by atoms with van der Waals surface area (Å²) in [6.45, 7) is 1.84. The van der Waals surface area contributed by atoms with Gasteiger partial charge in [0.15, 0.2) is 0 Å². The number of nitrogens with zero attached hydrogens (tertiary/aromatic N) is 2. The Kier molecular flexibility index (Phi) is 5.88. The fourth-order valence-electron chi connectivity index (χ4n) is 1.55. The van der Waals surface area contributed by atoms with Crippen LogP contribution in [0.4, 0.5) is 11.4 Å². The van der Waals surface area contributed by atoms with E-state index in [9.17, 15) is 9.90 Å². The van der Waals surface area contributed by atoms with Crippen LogP contribution < -0.4 is 34.7 Å². The maximum Gasteiger partial charge on any atom is 1.00 e. The Bertz CT molecular complexity index is 657. The van der Waals surface area contributed by atoms with Crippen molar-refractivity contribution in [1.82, 2.24) is 0 Å². The number of rotatable bonds is 3. The molecule has 2 rings (SSSR count). The molecule has 0 heterocycles. The molecule has 0 bridgehead atoms. The SMILES string of the molecule is Cc1ccc([O-])c(N=Nc2ccccc2C(=O)O)c1.[Na+]. The van der Waals surface area contributed by atoms with E-state index in [4.69, 9.17) is 5.11 Å². The number of hydrogen-bond acceptors (Lipinski definition) is 4. The van der Waals surface area contributed by atoms with Crippen molar-refractivity contribution >= 4 is 17.3 Å². The molecule has 96 valence electrons. The Labute approximate surface area is 138 Å². The smallest absolute Gasteiger partial charge is 0.871 e. The van der Waals surface area contributed by atoms with Crippen LogP contribution in [0.3, 0.4) is 0 Å². The molecule has 0 radical (unpaired) electrons. The van der Waals surface area contributed by atoms with E-state index in [1.807, 2.05) is 6.92 Å². The topological polar surface area (TPSA) is 85.1 Å². The van der Waals surface area contributed by atoms with Gasteiger partial charge in [0.1, 0.15) is 5.69 Å². The van der Waals surface area contributed by atoms with Crippen LogP contribution in [0.15, 0.2) is 52.7 Å². The van der Waals surface area contributed by atoms with Crippen LogP contribution in [0, 0.1) is 6.92 Å². The van der Waals surface area contributed by atoms with E-state index >= 15 is 0 Å². The Balaban J connectivity index is 0.00000200. The van der Waals surface area contributed by atoms with Crippen molar-refractivity contribution in [3.63, 3.8) is 0 Å². The Hall–Kier alpha value is -1.69. The summed E-state index contributed by atoms with van der Waals surface area (Å²) in [6, 6.07) is 10.9. The van der Waals surface area contributed by atoms with E-state index in [-0.39, 0.29) is 52.2 Å². The van der Waals surface area contributed by atoms with E-state index in [1.165, 1.54) is 18.2 Å².